The molecule has 2 N–H and O–H groups in total. The van der Waals surface area contributed by atoms with E-state index in [-0.39, 0.29) is 18.3 Å². The lowest BCUT2D eigenvalue weighted by molar-refractivity contribution is -0.120. The van der Waals surface area contributed by atoms with Crippen molar-refractivity contribution in [3.8, 4) is 11.5 Å². The van der Waals surface area contributed by atoms with Crippen LogP contribution in [-0.2, 0) is 11.2 Å². The largest absolute Gasteiger partial charge is 0.493 e. The number of benzene rings is 1. The molecule has 5 nitrogen and oxygen atoms in total. The van der Waals surface area contributed by atoms with E-state index >= 15 is 0 Å². The summed E-state index contributed by atoms with van der Waals surface area (Å²) in [5.41, 5.74) is 1.11. The number of hydrogen-bond acceptors (Lipinski definition) is 4. The van der Waals surface area contributed by atoms with Crippen LogP contribution in [-0.4, -0.2) is 39.8 Å². The van der Waals surface area contributed by atoms with Crippen LogP contribution in [0.25, 0.3) is 0 Å². The van der Waals surface area contributed by atoms with Gasteiger partial charge in [-0.1, -0.05) is 6.07 Å². The number of nitrogens with one attached hydrogen (secondary N) is 2. The van der Waals surface area contributed by atoms with Crippen molar-refractivity contribution in [3.63, 3.8) is 0 Å². The summed E-state index contributed by atoms with van der Waals surface area (Å²) in [7, 11) is 3.24. The Kier molecular flexibility index (Phi) is 8.06. The Morgan fingerprint density at radius 2 is 1.95 bits per heavy atom. The predicted octanol–water partition coefficient (Wildman–Crippen LogP) is 1.78. The topological polar surface area (TPSA) is 59.6 Å². The minimum atomic E-state index is 0. The summed E-state index contributed by atoms with van der Waals surface area (Å²) in [6.07, 6.45) is 3.37. The number of carbonyl (C=O) groups is 1. The molecule has 1 aromatic rings. The molecule has 22 heavy (non-hydrogen) atoms. The first-order valence-corrected chi connectivity index (χ1v) is 7.41. The Hall–Kier alpha value is -1.46. The Balaban J connectivity index is 0.00000242. The van der Waals surface area contributed by atoms with Gasteiger partial charge in [-0.3, -0.25) is 4.79 Å². The second-order valence-corrected chi connectivity index (χ2v) is 5.36. The molecule has 0 unspecified atom stereocenters. The molecule has 124 valence electrons. The number of methoxy groups -OCH3 is 2. The molecule has 1 aliphatic rings. The van der Waals surface area contributed by atoms with Crippen LogP contribution in [0.4, 0.5) is 0 Å². The molecule has 0 aliphatic heterocycles. The van der Waals surface area contributed by atoms with E-state index in [2.05, 4.69) is 10.6 Å². The molecule has 2 rings (SSSR count). The molecule has 0 radical (unpaired) electrons. The van der Waals surface area contributed by atoms with Crippen LogP contribution in [0.3, 0.4) is 0 Å². The Morgan fingerprint density at radius 3 is 2.59 bits per heavy atom. The molecule has 0 aromatic heterocycles. The van der Waals surface area contributed by atoms with Crippen molar-refractivity contribution in [1.29, 1.82) is 0 Å². The molecule has 0 spiro atoms. The van der Waals surface area contributed by atoms with Crippen molar-refractivity contribution < 1.29 is 14.3 Å². The monoisotopic (exact) mass is 328 g/mol. The van der Waals surface area contributed by atoms with Gasteiger partial charge in [0.25, 0.3) is 0 Å². The molecule has 1 aromatic carbocycles. The Morgan fingerprint density at radius 1 is 1.23 bits per heavy atom. The first-order chi connectivity index (χ1) is 10.2. The van der Waals surface area contributed by atoms with E-state index in [1.54, 1.807) is 14.2 Å². The summed E-state index contributed by atoms with van der Waals surface area (Å²) < 4.78 is 10.5. The number of ether oxygens (including phenoxy) is 2. The second-order valence-electron chi connectivity index (χ2n) is 5.36. The molecule has 6 heteroatoms. The first-order valence-electron chi connectivity index (χ1n) is 7.41. The summed E-state index contributed by atoms with van der Waals surface area (Å²) in [5, 5.41) is 6.10. The zero-order valence-electron chi connectivity index (χ0n) is 13.2. The third-order valence-corrected chi connectivity index (χ3v) is 3.60. The lowest BCUT2D eigenvalue weighted by atomic mass is 10.1. The van der Waals surface area contributed by atoms with Crippen molar-refractivity contribution >= 4 is 18.3 Å². The lowest BCUT2D eigenvalue weighted by Gasteiger charge is -2.10. The molecule has 1 aliphatic carbocycles. The van der Waals surface area contributed by atoms with E-state index in [9.17, 15) is 4.79 Å². The van der Waals surface area contributed by atoms with Gasteiger partial charge in [0.05, 0.1) is 20.8 Å². The normalized spacial score (nSPS) is 13.2. The Labute approximate surface area is 138 Å². The molecule has 0 atom stereocenters. The summed E-state index contributed by atoms with van der Waals surface area (Å²) in [4.78, 5) is 11.6. The van der Waals surface area contributed by atoms with Gasteiger partial charge in [-0.15, -0.1) is 12.4 Å². The SMILES string of the molecule is COc1ccc(CCNC(=O)CNCC2CC2)cc1OC.Cl. The van der Waals surface area contributed by atoms with E-state index in [0.717, 1.165) is 30.2 Å². The number of carbonyl (C=O) groups excluding carboxylic acids is 1. The van der Waals surface area contributed by atoms with Crippen LogP contribution in [0.1, 0.15) is 18.4 Å². The maximum Gasteiger partial charge on any atom is 0.233 e. The van der Waals surface area contributed by atoms with Crippen LogP contribution in [0, 0.1) is 5.92 Å². The summed E-state index contributed by atoms with van der Waals surface area (Å²) >= 11 is 0. The van der Waals surface area contributed by atoms with Gasteiger partial charge < -0.3 is 20.1 Å². The van der Waals surface area contributed by atoms with Crippen LogP contribution < -0.4 is 20.1 Å². The predicted molar refractivity (Wildman–Crippen MR) is 89.1 cm³/mol. The molecule has 0 saturated heterocycles. The highest BCUT2D eigenvalue weighted by Crippen LogP contribution is 2.28. The van der Waals surface area contributed by atoms with Crippen molar-refractivity contribution in [2.45, 2.75) is 19.3 Å². The van der Waals surface area contributed by atoms with Gasteiger partial charge in [-0.25, -0.2) is 0 Å². The van der Waals surface area contributed by atoms with Crippen LogP contribution in [0.15, 0.2) is 18.2 Å². The minimum absolute atomic E-state index is 0. The smallest absolute Gasteiger partial charge is 0.233 e. The molecular weight excluding hydrogens is 304 g/mol. The molecule has 1 saturated carbocycles. The minimum Gasteiger partial charge on any atom is -0.493 e. The summed E-state index contributed by atoms with van der Waals surface area (Å²) in [5.74, 6) is 2.28. The van der Waals surface area contributed by atoms with Gasteiger partial charge in [0.2, 0.25) is 5.91 Å². The maximum absolute atomic E-state index is 11.6. The first kappa shape index (κ1) is 18.6. The molecule has 1 amide bonds. The second kappa shape index (κ2) is 9.54. The van der Waals surface area contributed by atoms with E-state index < -0.39 is 0 Å². The van der Waals surface area contributed by atoms with Gasteiger partial charge in [-0.05, 0) is 49.4 Å². The third kappa shape index (κ3) is 6.12. The number of rotatable bonds is 9. The quantitative estimate of drug-likeness (QED) is 0.725. The van der Waals surface area contributed by atoms with Gasteiger partial charge in [0.15, 0.2) is 11.5 Å². The number of amides is 1. The molecular formula is C16H25ClN2O3. The fraction of sp³-hybridized carbons (Fsp3) is 0.562. The highest BCUT2D eigenvalue weighted by atomic mass is 35.5. The maximum atomic E-state index is 11.6. The van der Waals surface area contributed by atoms with Crippen LogP contribution >= 0.6 is 12.4 Å². The van der Waals surface area contributed by atoms with Gasteiger partial charge in [0, 0.05) is 6.54 Å². The zero-order valence-corrected chi connectivity index (χ0v) is 14.0. The van der Waals surface area contributed by atoms with Crippen molar-refractivity contribution in [1.82, 2.24) is 10.6 Å². The highest BCUT2D eigenvalue weighted by Gasteiger charge is 2.20. The van der Waals surface area contributed by atoms with Gasteiger partial charge in [0.1, 0.15) is 0 Å². The fourth-order valence-electron chi connectivity index (χ4n) is 2.16. The molecule has 1 fully saturated rings. The van der Waals surface area contributed by atoms with Gasteiger partial charge >= 0.3 is 0 Å². The highest BCUT2D eigenvalue weighted by molar-refractivity contribution is 5.85. The third-order valence-electron chi connectivity index (χ3n) is 3.60. The Bertz CT molecular complexity index is 478. The van der Waals surface area contributed by atoms with Crippen molar-refractivity contribution in [3.05, 3.63) is 23.8 Å². The fourth-order valence-corrected chi connectivity index (χ4v) is 2.16. The van der Waals surface area contributed by atoms with Crippen molar-refractivity contribution in [2.24, 2.45) is 5.92 Å². The molecule has 0 heterocycles. The lowest BCUT2D eigenvalue weighted by Crippen LogP contribution is -2.35. The van der Waals surface area contributed by atoms with E-state index in [0.29, 0.717) is 18.8 Å². The van der Waals surface area contributed by atoms with Crippen LogP contribution in [0.2, 0.25) is 0 Å². The van der Waals surface area contributed by atoms with E-state index in [1.807, 2.05) is 18.2 Å². The summed E-state index contributed by atoms with van der Waals surface area (Å²) in [6, 6.07) is 5.81. The summed E-state index contributed by atoms with van der Waals surface area (Å²) in [6.45, 7) is 1.99. The van der Waals surface area contributed by atoms with Gasteiger partial charge in [-0.2, -0.15) is 0 Å². The number of halogens is 1. The van der Waals surface area contributed by atoms with Crippen molar-refractivity contribution in [2.75, 3.05) is 33.9 Å². The van der Waals surface area contributed by atoms with Crippen LogP contribution in [0.5, 0.6) is 11.5 Å². The van der Waals surface area contributed by atoms with E-state index in [1.165, 1.54) is 12.8 Å². The standard InChI is InChI=1S/C16H24N2O3.ClH/c1-20-14-6-5-12(9-15(14)21-2)7-8-18-16(19)11-17-10-13-3-4-13;/h5-6,9,13,17H,3-4,7-8,10-11H2,1-2H3,(H,18,19);1H. The van der Waals surface area contributed by atoms with E-state index in [4.69, 9.17) is 9.47 Å². The average Bonchev–Trinajstić information content (AvgIpc) is 3.31. The average molecular weight is 329 g/mol. The zero-order chi connectivity index (χ0) is 15.1. The molecule has 0 bridgehead atoms. The number of hydrogen-bond donors (Lipinski definition) is 2.